The molecule has 0 aliphatic heterocycles. The summed E-state index contributed by atoms with van der Waals surface area (Å²) in [5.41, 5.74) is 0.899. The SMILES string of the molecule is C#CCCC(O)[C@H](O)C(CC1CCCCC1)NC(=O)[C@@H](NC(=O)C(CC(=O)N(C)CCN(C)CC)Cc1ccccc1)C(C#C)CC. The van der Waals surface area contributed by atoms with E-state index in [-0.39, 0.29) is 18.7 Å². The molecular weight excluding hydrogens is 592 g/mol. The molecule has 1 aromatic carbocycles. The zero-order valence-corrected chi connectivity index (χ0v) is 29.0. The van der Waals surface area contributed by atoms with E-state index in [1.54, 1.807) is 11.9 Å². The van der Waals surface area contributed by atoms with E-state index in [1.165, 1.54) is 0 Å². The van der Waals surface area contributed by atoms with Gasteiger partial charge in [0, 0.05) is 38.9 Å². The molecule has 4 N–H and O–H groups in total. The van der Waals surface area contributed by atoms with Crippen molar-refractivity contribution in [3.8, 4) is 24.7 Å². The van der Waals surface area contributed by atoms with Crippen molar-refractivity contribution in [3.63, 3.8) is 0 Å². The Bertz CT molecular complexity index is 1170. The maximum absolute atomic E-state index is 14.0. The van der Waals surface area contributed by atoms with Gasteiger partial charge in [-0.3, -0.25) is 14.4 Å². The first-order chi connectivity index (χ1) is 22.5. The number of aliphatic hydroxyl groups excluding tert-OH is 2. The number of carbonyl (C=O) groups excluding carboxylic acids is 3. The highest BCUT2D eigenvalue weighted by Gasteiger charge is 2.36. The minimum absolute atomic E-state index is 0.0291. The summed E-state index contributed by atoms with van der Waals surface area (Å²) in [4.78, 5) is 45.0. The van der Waals surface area contributed by atoms with Crippen LogP contribution >= 0.6 is 0 Å². The van der Waals surface area contributed by atoms with Gasteiger partial charge in [0.25, 0.3) is 0 Å². The molecule has 9 nitrogen and oxygen atoms in total. The normalized spacial score (nSPS) is 17.3. The van der Waals surface area contributed by atoms with Crippen LogP contribution in [0.4, 0.5) is 0 Å². The summed E-state index contributed by atoms with van der Waals surface area (Å²) >= 11 is 0. The first-order valence-electron chi connectivity index (χ1n) is 17.4. The van der Waals surface area contributed by atoms with Crippen molar-refractivity contribution in [3.05, 3.63) is 35.9 Å². The third kappa shape index (κ3) is 13.7. The van der Waals surface area contributed by atoms with Gasteiger partial charge in [0.1, 0.15) is 12.1 Å². The van der Waals surface area contributed by atoms with E-state index < -0.39 is 47.9 Å². The molecule has 1 saturated carbocycles. The minimum atomic E-state index is -1.23. The van der Waals surface area contributed by atoms with Gasteiger partial charge in [-0.2, -0.15) is 0 Å². The number of nitrogens with one attached hydrogen (secondary N) is 2. The predicted molar refractivity (Wildman–Crippen MR) is 187 cm³/mol. The van der Waals surface area contributed by atoms with Crippen molar-refractivity contribution in [2.75, 3.05) is 33.7 Å². The van der Waals surface area contributed by atoms with Crippen LogP contribution < -0.4 is 10.6 Å². The van der Waals surface area contributed by atoms with Crippen molar-refractivity contribution >= 4 is 17.7 Å². The molecule has 9 heteroatoms. The number of carbonyl (C=O) groups is 3. The summed E-state index contributed by atoms with van der Waals surface area (Å²) in [5.74, 6) is 2.97. The molecule has 260 valence electrons. The van der Waals surface area contributed by atoms with Crippen molar-refractivity contribution in [1.29, 1.82) is 0 Å². The van der Waals surface area contributed by atoms with Gasteiger partial charge < -0.3 is 30.6 Å². The minimum Gasteiger partial charge on any atom is -0.390 e. The summed E-state index contributed by atoms with van der Waals surface area (Å²) < 4.78 is 0. The maximum atomic E-state index is 14.0. The lowest BCUT2D eigenvalue weighted by molar-refractivity contribution is -0.137. The van der Waals surface area contributed by atoms with E-state index in [1.807, 2.05) is 44.3 Å². The van der Waals surface area contributed by atoms with E-state index >= 15 is 0 Å². The zero-order valence-electron chi connectivity index (χ0n) is 29.0. The van der Waals surface area contributed by atoms with Gasteiger partial charge >= 0.3 is 0 Å². The second-order valence-corrected chi connectivity index (χ2v) is 13.1. The summed E-state index contributed by atoms with van der Waals surface area (Å²) in [6.07, 6.45) is 15.9. The lowest BCUT2D eigenvalue weighted by Gasteiger charge is -2.34. The Morgan fingerprint density at radius 3 is 2.26 bits per heavy atom. The van der Waals surface area contributed by atoms with E-state index in [0.29, 0.717) is 44.7 Å². The van der Waals surface area contributed by atoms with E-state index in [4.69, 9.17) is 12.8 Å². The third-order valence-electron chi connectivity index (χ3n) is 9.57. The zero-order chi connectivity index (χ0) is 34.8. The van der Waals surface area contributed by atoms with Gasteiger partial charge in [-0.1, -0.05) is 76.3 Å². The largest absolute Gasteiger partial charge is 0.390 e. The lowest BCUT2D eigenvalue weighted by atomic mass is 9.82. The molecular formula is C38H58N4O5. The molecule has 0 bridgehead atoms. The molecule has 0 saturated heterocycles. The molecule has 3 amide bonds. The second kappa shape index (κ2) is 21.5. The molecule has 2 rings (SSSR count). The van der Waals surface area contributed by atoms with Crippen LogP contribution in [0.25, 0.3) is 0 Å². The van der Waals surface area contributed by atoms with Gasteiger partial charge in [-0.25, -0.2) is 0 Å². The Hall–Kier alpha value is -3.37. The van der Waals surface area contributed by atoms with Crippen LogP contribution in [0.3, 0.4) is 0 Å². The van der Waals surface area contributed by atoms with Gasteiger partial charge in [0.05, 0.1) is 18.1 Å². The fourth-order valence-electron chi connectivity index (χ4n) is 6.20. The fourth-order valence-corrected chi connectivity index (χ4v) is 6.20. The lowest BCUT2D eigenvalue weighted by Crippen LogP contribution is -2.57. The number of hydrogen-bond acceptors (Lipinski definition) is 6. The number of likely N-dealkylation sites (N-methyl/N-ethyl adjacent to an activating group) is 2. The van der Waals surface area contributed by atoms with Gasteiger partial charge in [0.15, 0.2) is 0 Å². The topological polar surface area (TPSA) is 122 Å². The number of hydrogen-bond donors (Lipinski definition) is 4. The Morgan fingerprint density at radius 2 is 1.66 bits per heavy atom. The predicted octanol–water partition coefficient (Wildman–Crippen LogP) is 3.38. The average molecular weight is 651 g/mol. The summed E-state index contributed by atoms with van der Waals surface area (Å²) in [7, 11) is 3.72. The van der Waals surface area contributed by atoms with Crippen molar-refractivity contribution in [1.82, 2.24) is 20.4 Å². The number of terminal acetylenes is 2. The Balaban J connectivity index is 2.31. The molecule has 0 radical (unpaired) electrons. The number of amides is 3. The molecule has 1 aromatic rings. The van der Waals surface area contributed by atoms with Crippen molar-refractivity contribution in [2.24, 2.45) is 17.8 Å². The Kier molecular flexibility index (Phi) is 18.2. The fraction of sp³-hybridized carbons (Fsp3) is 0.658. The van der Waals surface area contributed by atoms with Crippen LogP contribution in [0.15, 0.2) is 30.3 Å². The second-order valence-electron chi connectivity index (χ2n) is 13.1. The van der Waals surface area contributed by atoms with Crippen LogP contribution in [0.1, 0.15) is 83.6 Å². The smallest absolute Gasteiger partial charge is 0.244 e. The summed E-state index contributed by atoms with van der Waals surface area (Å²) in [6, 6.07) is 7.65. The van der Waals surface area contributed by atoms with Crippen LogP contribution in [0.5, 0.6) is 0 Å². The van der Waals surface area contributed by atoms with Gasteiger partial charge in [-0.05, 0) is 50.8 Å². The van der Waals surface area contributed by atoms with Gasteiger partial charge in [0.2, 0.25) is 17.7 Å². The average Bonchev–Trinajstić information content (AvgIpc) is 3.09. The third-order valence-corrected chi connectivity index (χ3v) is 9.57. The number of rotatable bonds is 20. The molecule has 1 aliphatic carbocycles. The summed E-state index contributed by atoms with van der Waals surface area (Å²) in [6.45, 7) is 6.00. The van der Waals surface area contributed by atoms with Crippen LogP contribution in [-0.4, -0.2) is 95.8 Å². The quantitative estimate of drug-likeness (QED) is 0.161. The van der Waals surface area contributed by atoms with E-state index in [0.717, 1.165) is 44.2 Å². The van der Waals surface area contributed by atoms with E-state index in [2.05, 4.69) is 34.3 Å². The highest BCUT2D eigenvalue weighted by molar-refractivity contribution is 5.91. The molecule has 0 heterocycles. The van der Waals surface area contributed by atoms with Crippen molar-refractivity contribution in [2.45, 2.75) is 109 Å². The van der Waals surface area contributed by atoms with Crippen LogP contribution in [0, 0.1) is 42.4 Å². The monoisotopic (exact) mass is 650 g/mol. The standard InChI is InChI=1S/C38H58N4O5/c1-7-11-22-33(43)36(45)32(26-29-20-16-13-17-21-29)39-38(47)35(30(8-2)9-3)40-37(46)31(25-28-18-14-12-15-19-28)27-34(44)42(6)24-23-41(5)10-4/h1-2,12,14-15,18-19,29-33,35-36,43,45H,9-11,13,16-17,20-27H2,3-6H3,(H,39,47)(H,40,46)/t30?,31?,32?,33?,35-,36+/m0/s1. The maximum Gasteiger partial charge on any atom is 0.244 e. The van der Waals surface area contributed by atoms with Crippen LogP contribution in [-0.2, 0) is 20.8 Å². The number of benzene rings is 1. The summed E-state index contributed by atoms with van der Waals surface area (Å²) in [5, 5.41) is 27.8. The first-order valence-corrected chi connectivity index (χ1v) is 17.4. The molecule has 4 unspecified atom stereocenters. The van der Waals surface area contributed by atoms with Gasteiger partial charge in [-0.15, -0.1) is 24.7 Å². The Morgan fingerprint density at radius 1 is 0.979 bits per heavy atom. The highest BCUT2D eigenvalue weighted by Crippen LogP contribution is 2.29. The first kappa shape index (κ1) is 39.8. The molecule has 1 fully saturated rings. The number of aliphatic hydroxyl groups is 2. The molecule has 47 heavy (non-hydrogen) atoms. The number of nitrogens with zero attached hydrogens (tertiary/aromatic N) is 2. The molecule has 6 atom stereocenters. The highest BCUT2D eigenvalue weighted by atomic mass is 16.3. The van der Waals surface area contributed by atoms with Crippen LogP contribution in [0.2, 0.25) is 0 Å². The molecule has 0 spiro atoms. The Labute approximate surface area is 283 Å². The molecule has 1 aliphatic rings. The molecule has 0 aromatic heterocycles. The van der Waals surface area contributed by atoms with Crippen molar-refractivity contribution < 1.29 is 24.6 Å². The van der Waals surface area contributed by atoms with E-state index in [9.17, 15) is 24.6 Å².